The summed E-state index contributed by atoms with van der Waals surface area (Å²) < 4.78 is 38.6. The van der Waals surface area contributed by atoms with Gasteiger partial charge in [-0.25, -0.2) is 5.43 Å². The highest BCUT2D eigenvalue weighted by molar-refractivity contribution is 5.94. The molecule has 186 valence electrons. The van der Waals surface area contributed by atoms with E-state index >= 15 is 0 Å². The molecule has 9 nitrogen and oxygen atoms in total. The van der Waals surface area contributed by atoms with Crippen molar-refractivity contribution in [3.63, 3.8) is 0 Å². The molecule has 1 saturated carbocycles. The minimum Gasteiger partial charge on any atom is -0.356 e. The molecule has 3 rings (SSSR count). The molecule has 4 N–H and O–H groups in total. The van der Waals surface area contributed by atoms with Crippen molar-refractivity contribution in [3.05, 3.63) is 0 Å². The van der Waals surface area contributed by atoms with E-state index < -0.39 is 41.4 Å². The van der Waals surface area contributed by atoms with Crippen molar-refractivity contribution in [1.82, 2.24) is 26.4 Å². The molecule has 2 saturated heterocycles. The fourth-order valence-electron chi connectivity index (χ4n) is 5.02. The van der Waals surface area contributed by atoms with E-state index in [9.17, 15) is 32.3 Å². The maximum Gasteiger partial charge on any atom is 0.471 e. The summed E-state index contributed by atoms with van der Waals surface area (Å²) in [5.74, 6) is -3.93. The first-order valence-corrected chi connectivity index (χ1v) is 11.1. The second-order valence-electron chi connectivity index (χ2n) is 10.8. The number of halogens is 3. The number of fused-ring (bicyclic) bond motifs is 1. The van der Waals surface area contributed by atoms with E-state index in [2.05, 4.69) is 16.2 Å². The predicted octanol–water partition coefficient (Wildman–Crippen LogP) is 0.320. The summed E-state index contributed by atoms with van der Waals surface area (Å²) in [7, 11) is 0. The lowest BCUT2D eigenvalue weighted by Crippen LogP contribution is -2.61. The summed E-state index contributed by atoms with van der Waals surface area (Å²) >= 11 is 0. The number of hydrogen-bond donors (Lipinski definition) is 4. The van der Waals surface area contributed by atoms with Crippen molar-refractivity contribution < 1.29 is 32.3 Å². The van der Waals surface area contributed by atoms with Crippen molar-refractivity contribution in [3.8, 4) is 0 Å². The fraction of sp³-hybridized carbons (Fsp3) is 0.810. The Balaban J connectivity index is 1.73. The van der Waals surface area contributed by atoms with Crippen LogP contribution < -0.4 is 21.5 Å². The first kappa shape index (κ1) is 25.3. The van der Waals surface area contributed by atoms with Crippen LogP contribution in [0.2, 0.25) is 0 Å². The van der Waals surface area contributed by atoms with E-state index in [0.29, 0.717) is 13.0 Å². The van der Waals surface area contributed by atoms with Crippen LogP contribution in [0.1, 0.15) is 41.0 Å². The third-order valence-electron chi connectivity index (χ3n) is 7.13. The van der Waals surface area contributed by atoms with Crippen molar-refractivity contribution in [1.29, 1.82) is 0 Å². The number of likely N-dealkylation sites (tertiary alicyclic amines) is 1. The van der Waals surface area contributed by atoms with Gasteiger partial charge in [0.1, 0.15) is 12.1 Å². The van der Waals surface area contributed by atoms with Crippen LogP contribution >= 0.6 is 0 Å². The average Bonchev–Trinajstić information content (AvgIpc) is 3.05. The molecule has 0 radical (unpaired) electrons. The van der Waals surface area contributed by atoms with Crippen LogP contribution in [0.4, 0.5) is 13.2 Å². The Morgan fingerprint density at radius 3 is 2.36 bits per heavy atom. The molecule has 0 spiro atoms. The number of nitrogens with one attached hydrogen (secondary N) is 4. The Morgan fingerprint density at radius 1 is 1.21 bits per heavy atom. The normalized spacial score (nSPS) is 29.2. The predicted molar refractivity (Wildman–Crippen MR) is 111 cm³/mol. The first-order chi connectivity index (χ1) is 15.1. The number of nitrogens with zero attached hydrogens (tertiary/aromatic N) is 1. The number of carbonyl (C=O) groups excluding carboxylic acids is 4. The highest BCUT2D eigenvalue weighted by atomic mass is 19.4. The molecule has 0 aromatic rings. The van der Waals surface area contributed by atoms with Gasteiger partial charge in [0, 0.05) is 19.6 Å². The van der Waals surface area contributed by atoms with Gasteiger partial charge < -0.3 is 15.5 Å². The molecule has 33 heavy (non-hydrogen) atoms. The molecule has 0 aromatic heterocycles. The van der Waals surface area contributed by atoms with Crippen molar-refractivity contribution in [2.75, 3.05) is 19.6 Å². The van der Waals surface area contributed by atoms with Crippen LogP contribution in [0, 0.1) is 28.6 Å². The molecule has 3 aliphatic rings. The standard InChI is InChI=1S/C21H32F3N5O4/c1-19(2,3)14(27-18(33)21(22,23)24)17(32)29-9-11-12(20(11,4)5)13(29)16(31)28-26-8-10-6-7-25-15(10)30/h10-14,26H,6-9H2,1-5H3,(H,25,30)(H,27,33)(H,28,31)/t10-,11-,12-,13-,14+/m0/s1. The second kappa shape index (κ2) is 8.44. The van der Waals surface area contributed by atoms with Gasteiger partial charge in [-0.2, -0.15) is 13.2 Å². The maximum atomic E-state index is 13.4. The summed E-state index contributed by atoms with van der Waals surface area (Å²) in [6, 6.07) is -2.35. The van der Waals surface area contributed by atoms with Gasteiger partial charge in [-0.15, -0.1) is 0 Å². The highest BCUT2D eigenvalue weighted by Gasteiger charge is 2.69. The lowest BCUT2D eigenvalue weighted by Gasteiger charge is -2.37. The number of rotatable bonds is 6. The summed E-state index contributed by atoms with van der Waals surface area (Å²) in [4.78, 5) is 51.0. The Kier molecular flexibility index (Phi) is 6.46. The zero-order chi connectivity index (χ0) is 24.9. The molecule has 5 atom stereocenters. The second-order valence-corrected chi connectivity index (χ2v) is 10.8. The molecule has 0 unspecified atom stereocenters. The molecular weight excluding hydrogens is 443 g/mol. The topological polar surface area (TPSA) is 120 Å². The van der Waals surface area contributed by atoms with Gasteiger partial charge in [-0.3, -0.25) is 24.6 Å². The van der Waals surface area contributed by atoms with E-state index in [-0.39, 0.29) is 42.2 Å². The van der Waals surface area contributed by atoms with Gasteiger partial charge >= 0.3 is 12.1 Å². The summed E-state index contributed by atoms with van der Waals surface area (Å²) in [5.41, 5.74) is 4.10. The van der Waals surface area contributed by atoms with Gasteiger partial charge in [0.2, 0.25) is 11.8 Å². The Morgan fingerprint density at radius 2 is 1.85 bits per heavy atom. The van der Waals surface area contributed by atoms with Crippen molar-refractivity contribution >= 4 is 23.6 Å². The monoisotopic (exact) mass is 475 g/mol. The summed E-state index contributed by atoms with van der Waals surface area (Å²) in [6.45, 7) is 9.62. The van der Waals surface area contributed by atoms with E-state index in [4.69, 9.17) is 0 Å². The van der Waals surface area contributed by atoms with Gasteiger partial charge in [-0.1, -0.05) is 34.6 Å². The van der Waals surface area contributed by atoms with Gasteiger partial charge in [-0.05, 0) is 29.1 Å². The molecule has 0 bridgehead atoms. The Bertz CT molecular complexity index is 839. The van der Waals surface area contributed by atoms with E-state index in [1.54, 1.807) is 20.8 Å². The van der Waals surface area contributed by atoms with Crippen LogP contribution in [-0.2, 0) is 19.2 Å². The lowest BCUT2D eigenvalue weighted by atomic mass is 9.85. The largest absolute Gasteiger partial charge is 0.471 e. The number of hydrazine groups is 1. The Labute approximate surface area is 190 Å². The van der Waals surface area contributed by atoms with E-state index in [1.807, 2.05) is 19.2 Å². The molecule has 2 aliphatic heterocycles. The molecule has 12 heteroatoms. The van der Waals surface area contributed by atoms with Crippen molar-refractivity contribution in [2.45, 2.75) is 59.3 Å². The third-order valence-corrected chi connectivity index (χ3v) is 7.13. The minimum atomic E-state index is -5.13. The number of amides is 4. The zero-order valence-electron chi connectivity index (χ0n) is 19.4. The SMILES string of the molecule is CC(C)(C)[C@H](NC(=O)C(F)(F)F)C(=O)N1C[C@H]2[C@@H]([C@H]1C(=O)NNC[C@@H]1CCNC1=O)C2(C)C. The van der Waals surface area contributed by atoms with Crippen LogP contribution in [0.15, 0.2) is 0 Å². The van der Waals surface area contributed by atoms with Gasteiger partial charge in [0.25, 0.3) is 5.91 Å². The Hall–Kier alpha value is -2.37. The smallest absolute Gasteiger partial charge is 0.356 e. The van der Waals surface area contributed by atoms with Crippen LogP contribution in [-0.4, -0.2) is 66.4 Å². The van der Waals surface area contributed by atoms with Crippen LogP contribution in [0.25, 0.3) is 0 Å². The molecule has 3 fully saturated rings. The number of alkyl halides is 3. The molecular formula is C21H32F3N5O4. The molecule has 4 amide bonds. The molecule has 0 aromatic carbocycles. The van der Waals surface area contributed by atoms with Gasteiger partial charge in [0.15, 0.2) is 0 Å². The lowest BCUT2D eigenvalue weighted by molar-refractivity contribution is -0.176. The zero-order valence-corrected chi connectivity index (χ0v) is 19.4. The van der Waals surface area contributed by atoms with Crippen molar-refractivity contribution in [2.24, 2.45) is 28.6 Å². The number of piperidine rings is 1. The van der Waals surface area contributed by atoms with E-state index in [0.717, 1.165) is 0 Å². The molecule has 2 heterocycles. The van der Waals surface area contributed by atoms with Gasteiger partial charge in [0.05, 0.1) is 5.92 Å². The summed E-state index contributed by atoms with van der Waals surface area (Å²) in [5, 5.41) is 4.52. The quantitative estimate of drug-likeness (QED) is 0.413. The fourth-order valence-corrected chi connectivity index (χ4v) is 5.02. The average molecular weight is 476 g/mol. The van der Waals surface area contributed by atoms with Crippen LogP contribution in [0.5, 0.6) is 0 Å². The minimum absolute atomic E-state index is 0.0248. The number of hydrogen-bond acceptors (Lipinski definition) is 5. The first-order valence-electron chi connectivity index (χ1n) is 11.1. The molecule has 1 aliphatic carbocycles. The highest BCUT2D eigenvalue weighted by Crippen LogP contribution is 2.65. The van der Waals surface area contributed by atoms with E-state index in [1.165, 1.54) is 4.90 Å². The number of carbonyl (C=O) groups is 4. The third kappa shape index (κ3) is 4.95. The summed E-state index contributed by atoms with van der Waals surface area (Å²) in [6.07, 6.45) is -4.49. The maximum absolute atomic E-state index is 13.4. The van der Waals surface area contributed by atoms with Crippen LogP contribution in [0.3, 0.4) is 0 Å².